The second kappa shape index (κ2) is 76.7. The van der Waals surface area contributed by atoms with Gasteiger partial charge in [-0.25, -0.2) is 14.4 Å². The van der Waals surface area contributed by atoms with E-state index in [-0.39, 0.29) is 70.9 Å². The zero-order valence-electron chi connectivity index (χ0n) is 78.3. The zero-order valence-corrected chi connectivity index (χ0v) is 79.1. The van der Waals surface area contributed by atoms with Gasteiger partial charge >= 0.3 is 18.2 Å². The summed E-state index contributed by atoms with van der Waals surface area (Å²) in [5.74, 6) is -0.947. The Balaban J connectivity index is 0.000000844. The van der Waals surface area contributed by atoms with Crippen molar-refractivity contribution in [3.05, 3.63) is 278 Å². The molecule has 0 aliphatic carbocycles. The van der Waals surface area contributed by atoms with Crippen molar-refractivity contribution in [2.45, 2.75) is 228 Å². The van der Waals surface area contributed by atoms with Crippen molar-refractivity contribution >= 4 is 54.2 Å². The SMILES string of the molecule is CC(C)(C)OC(=O)N1CCNCC1.CC/C=C\C/C=C\C/C=C\C/C=C\C/C=C\C/C=C\CCC(=O)N1CCN(C(=O)OC(C)(C)C)CC1.CC/C=C\C/C=C\C/C=C\C/C=C\C/C=C\C/C=C\CCC(=O)N1CCN(C(=O)c2ccccc2O)CC1.CC/C=C\C/C=C\C/C=C\C/C=C\C/C=C\C/C=C\CCC(=O)N1CCNCC1.Cl.O=C(O)c1ccccc1O. The first-order chi connectivity index (χ1) is 61.0. The quantitative estimate of drug-likeness (QED) is 0.0388. The number of carbonyl (C=O) groups excluding carboxylic acids is 6. The highest BCUT2D eigenvalue weighted by Crippen LogP contribution is 2.21. The fourth-order valence-corrected chi connectivity index (χ4v) is 12.2. The number of amides is 6. The van der Waals surface area contributed by atoms with Gasteiger partial charge in [-0.15, -0.1) is 12.4 Å². The number of hydrogen-bond donors (Lipinski definition) is 5. The fourth-order valence-electron chi connectivity index (χ4n) is 12.2. The number of carboxylic acid groups (broad SMARTS) is 1. The van der Waals surface area contributed by atoms with E-state index < -0.39 is 11.6 Å². The maximum atomic E-state index is 12.6. The molecule has 2 aromatic rings. The Bertz CT molecular complexity index is 3900. The van der Waals surface area contributed by atoms with E-state index in [9.17, 15) is 38.7 Å². The van der Waals surface area contributed by atoms with Crippen molar-refractivity contribution < 1.29 is 58.4 Å². The van der Waals surface area contributed by atoms with Gasteiger partial charge in [0.15, 0.2) is 0 Å². The summed E-state index contributed by atoms with van der Waals surface area (Å²) in [5, 5.41) is 33.7. The predicted molar refractivity (Wildman–Crippen MR) is 530 cm³/mol. The summed E-state index contributed by atoms with van der Waals surface area (Å²) in [6.07, 6.45) is 99.9. The van der Waals surface area contributed by atoms with Gasteiger partial charge in [0.1, 0.15) is 28.3 Å². The van der Waals surface area contributed by atoms with Crippen LogP contribution in [0.1, 0.15) is 237 Å². The Morgan fingerprint density at radius 3 is 0.740 bits per heavy atom. The minimum Gasteiger partial charge on any atom is -0.507 e. The molecule has 4 aliphatic heterocycles. The molecule has 4 saturated heterocycles. The zero-order chi connectivity index (χ0) is 92.0. The molecule has 6 amide bonds. The van der Waals surface area contributed by atoms with Gasteiger partial charge < -0.3 is 64.8 Å². The number of carboxylic acids is 1. The predicted octanol–water partition coefficient (Wildman–Crippen LogP) is 22.9. The van der Waals surface area contributed by atoms with Gasteiger partial charge in [0.05, 0.1) is 5.56 Å². The molecule has 0 atom stereocenters. The largest absolute Gasteiger partial charge is 0.507 e. The van der Waals surface area contributed by atoms with Crippen LogP contribution in [0.25, 0.3) is 0 Å². The van der Waals surface area contributed by atoms with Crippen LogP contribution in [0.2, 0.25) is 0 Å². The van der Waals surface area contributed by atoms with Crippen LogP contribution in [-0.4, -0.2) is 202 Å². The monoisotopic (exact) mass is 1770 g/mol. The van der Waals surface area contributed by atoms with E-state index in [0.717, 1.165) is 187 Å². The molecule has 0 radical (unpaired) electrons. The molecule has 4 fully saturated rings. The summed E-state index contributed by atoms with van der Waals surface area (Å²) in [4.78, 5) is 94.2. The number of ether oxygens (including phenoxy) is 2. The minimum absolute atomic E-state index is 0. The lowest BCUT2D eigenvalue weighted by molar-refractivity contribution is -0.133. The molecule has 4 heterocycles. The number of phenols is 2. The Morgan fingerprint density at radius 1 is 0.299 bits per heavy atom. The summed E-state index contributed by atoms with van der Waals surface area (Å²) in [6.45, 7) is 28.7. The number of halogens is 1. The van der Waals surface area contributed by atoms with Crippen molar-refractivity contribution in [3.8, 4) is 11.5 Å². The van der Waals surface area contributed by atoms with Crippen LogP contribution in [0.15, 0.2) is 267 Å². The summed E-state index contributed by atoms with van der Waals surface area (Å²) >= 11 is 0. The number of nitrogens with one attached hydrogen (secondary N) is 2. The molecule has 700 valence electrons. The van der Waals surface area contributed by atoms with Crippen LogP contribution in [0.4, 0.5) is 9.59 Å². The highest BCUT2D eigenvalue weighted by Gasteiger charge is 2.29. The molecule has 0 saturated carbocycles. The molecule has 0 bridgehead atoms. The fraction of sp³-hybridized carbons (Fsp3) is 0.481. The van der Waals surface area contributed by atoms with Crippen molar-refractivity contribution in [2.24, 2.45) is 0 Å². The Hall–Kier alpha value is -10.5. The molecule has 6 rings (SSSR count). The number of carbonyl (C=O) groups is 7. The molecule has 0 aromatic heterocycles. The second-order valence-corrected chi connectivity index (χ2v) is 32.1. The molecule has 127 heavy (non-hydrogen) atoms. The van der Waals surface area contributed by atoms with Crippen LogP contribution in [-0.2, 0) is 23.9 Å². The summed E-state index contributed by atoms with van der Waals surface area (Å²) in [7, 11) is 0. The van der Waals surface area contributed by atoms with E-state index in [2.05, 4.69) is 250 Å². The first kappa shape index (κ1) is 114. The summed E-state index contributed by atoms with van der Waals surface area (Å²) < 4.78 is 10.6. The highest BCUT2D eigenvalue weighted by atomic mass is 35.5. The number of phenolic OH excluding ortho intramolecular Hbond substituents is 1. The van der Waals surface area contributed by atoms with Crippen molar-refractivity contribution in [2.75, 3.05) is 105 Å². The lowest BCUT2D eigenvalue weighted by Crippen LogP contribution is -2.51. The van der Waals surface area contributed by atoms with Gasteiger partial charge in [-0.05, 0) is 201 Å². The van der Waals surface area contributed by atoms with Crippen molar-refractivity contribution in [1.29, 1.82) is 0 Å². The highest BCUT2D eigenvalue weighted by molar-refractivity contribution is 5.97. The molecule has 4 aliphatic rings. The second-order valence-electron chi connectivity index (χ2n) is 32.1. The number of para-hydroxylation sites is 2. The van der Waals surface area contributed by atoms with Crippen LogP contribution >= 0.6 is 12.4 Å². The maximum Gasteiger partial charge on any atom is 0.410 e. The van der Waals surface area contributed by atoms with Gasteiger partial charge in [0.25, 0.3) is 5.91 Å². The van der Waals surface area contributed by atoms with E-state index in [1.807, 2.05) is 56.2 Å². The first-order valence-corrected chi connectivity index (χ1v) is 46.0. The molecule has 2 aromatic carbocycles. The van der Waals surface area contributed by atoms with Gasteiger partial charge in [-0.3, -0.25) is 19.2 Å². The number of aromatic hydroxyl groups is 2. The van der Waals surface area contributed by atoms with E-state index >= 15 is 0 Å². The summed E-state index contributed by atoms with van der Waals surface area (Å²) in [5.41, 5.74) is -0.641. The standard InChI is InChI=1S/C33H44N2O3.C31H48N2O3.C26H40N2O.C9H18N2O2.C7H6O3.ClH/c1-2-3-4-5-6-7-8-9-10-11-12-13-14-15-16-17-18-19-20-25-32(37)34-26-28-35(29-27-34)33(38)30-23-21-22-24-31(30)36;1-5-6-7-8-9-10-11-12-13-14-15-16-17-18-19-20-21-22-23-24-29(34)32-25-27-33(28-26-32)30(35)36-31(2,3)4;1-2-3-4-5-6-7-8-9-10-11-12-13-14-15-16-17-18-19-20-21-26(29)28-24-22-27-23-25-28;1-9(2,3)13-8(12)11-6-4-10-5-7-11;8-6-4-2-1-3-5(6)7(9)10;/h3-4,6-7,9-10,12-13,15-16,18-19,21-24,36H,2,5,8,11,14,17,20,25-29H2,1H3;6-7,9-10,12-13,15-16,18-19,21-22H,5,8,11,14,17,20,23-28H2,1-4H3;3-4,6-7,9-10,12-13,15-16,18-19,27H,2,5,8,11,14,17,20-25H2,1H3;10H,4-7H2,1-3H3;1-4,8H,(H,9,10);1H/b4-3-,7-6-,10-9-,13-12-,16-15-,19-18-;7-6-,10-9-,13-12-,16-15-,19-18-,22-21-;4-3-,7-6-,10-9-,13-12-,16-15-,19-18-;;;. The third-order valence-corrected chi connectivity index (χ3v) is 19.1. The molecular formula is C106H157ClN8O12. The molecule has 0 unspecified atom stereocenters. The third-order valence-electron chi connectivity index (χ3n) is 19.1. The number of piperazine rings is 4. The Morgan fingerprint density at radius 2 is 0.504 bits per heavy atom. The Kier molecular flexibility index (Phi) is 69.1. The van der Waals surface area contributed by atoms with Gasteiger partial charge in [0.2, 0.25) is 17.7 Å². The molecular weight excluding hydrogens is 1610 g/mol. The minimum atomic E-state index is -1.11. The topological polar surface area (TPSA) is 242 Å². The van der Waals surface area contributed by atoms with Crippen LogP contribution < -0.4 is 10.6 Å². The van der Waals surface area contributed by atoms with E-state index in [1.54, 1.807) is 45.0 Å². The van der Waals surface area contributed by atoms with Crippen molar-refractivity contribution in [1.82, 2.24) is 40.0 Å². The molecule has 20 nitrogen and oxygen atoms in total. The molecule has 0 spiro atoms. The lowest BCUT2D eigenvalue weighted by Gasteiger charge is -2.35. The number of rotatable bonds is 44. The molecule has 21 heteroatoms. The normalized spacial score (nSPS) is 15.2. The van der Waals surface area contributed by atoms with Crippen LogP contribution in [0.5, 0.6) is 11.5 Å². The number of aromatic carboxylic acids is 1. The average Bonchev–Trinajstić information content (AvgIpc) is 0.831. The van der Waals surface area contributed by atoms with Crippen LogP contribution in [0.3, 0.4) is 0 Å². The number of nitrogens with zero attached hydrogens (tertiary/aromatic N) is 6. The number of hydrogen-bond acceptors (Lipinski definition) is 13. The number of benzene rings is 2. The van der Waals surface area contributed by atoms with E-state index in [4.69, 9.17) is 19.7 Å². The van der Waals surface area contributed by atoms with E-state index in [1.165, 1.54) is 18.2 Å². The van der Waals surface area contributed by atoms with Gasteiger partial charge in [-0.2, -0.15) is 0 Å². The van der Waals surface area contributed by atoms with Crippen molar-refractivity contribution in [3.63, 3.8) is 0 Å². The third kappa shape index (κ3) is 63.9. The average molecular weight is 1770 g/mol. The maximum absolute atomic E-state index is 12.6. The summed E-state index contributed by atoms with van der Waals surface area (Å²) in [6, 6.07) is 12.4. The van der Waals surface area contributed by atoms with E-state index in [0.29, 0.717) is 77.2 Å². The molecule has 5 N–H and O–H groups in total. The number of allylic oxidation sites excluding steroid dienone is 36. The lowest BCUT2D eigenvalue weighted by atomic mass is 10.1. The first-order valence-electron chi connectivity index (χ1n) is 46.0. The van der Waals surface area contributed by atoms with Crippen LogP contribution in [0, 0.1) is 0 Å². The smallest absolute Gasteiger partial charge is 0.410 e. The van der Waals surface area contributed by atoms with Gasteiger partial charge in [0, 0.05) is 124 Å². The Labute approximate surface area is 770 Å². The van der Waals surface area contributed by atoms with Gasteiger partial charge in [-0.1, -0.05) is 264 Å².